The van der Waals surface area contributed by atoms with E-state index in [0.717, 1.165) is 5.56 Å². The SMILES string of the molecule is COc1ccc(CC2NC(=O)/C=C/CC([C@H](C)/C=C/c3ccccc3)OC(=O)[C@H](CC(C)C)OC(=O)C(C)(C)CNC2=O)cc1Cl. The molecular formula is C36H45ClN2O7. The maximum Gasteiger partial charge on any atom is 0.347 e. The number of cyclic esters (lactones) is 2. The summed E-state index contributed by atoms with van der Waals surface area (Å²) in [6, 6.07) is 13.9. The first-order valence-electron chi connectivity index (χ1n) is 15.5. The molecule has 248 valence electrons. The van der Waals surface area contributed by atoms with Crippen molar-refractivity contribution in [2.75, 3.05) is 13.7 Å². The Labute approximate surface area is 276 Å². The average molecular weight is 653 g/mol. The zero-order valence-electron chi connectivity index (χ0n) is 27.4. The number of amides is 2. The molecule has 0 saturated heterocycles. The van der Waals surface area contributed by atoms with Crippen molar-refractivity contribution < 1.29 is 33.4 Å². The first kappa shape index (κ1) is 36.4. The number of methoxy groups -OCH3 is 1. The van der Waals surface area contributed by atoms with E-state index < -0.39 is 47.4 Å². The number of ether oxygens (including phenoxy) is 3. The molecule has 1 aliphatic rings. The highest BCUT2D eigenvalue weighted by Gasteiger charge is 2.37. The summed E-state index contributed by atoms with van der Waals surface area (Å²) in [5, 5.41) is 5.90. The first-order valence-corrected chi connectivity index (χ1v) is 15.9. The van der Waals surface area contributed by atoms with E-state index in [-0.39, 0.29) is 37.6 Å². The van der Waals surface area contributed by atoms with Gasteiger partial charge in [0.15, 0.2) is 6.10 Å². The van der Waals surface area contributed by atoms with E-state index >= 15 is 0 Å². The number of hydrogen-bond donors (Lipinski definition) is 2. The Morgan fingerprint density at radius 2 is 1.76 bits per heavy atom. The molecule has 0 saturated carbocycles. The number of carbonyl (C=O) groups excluding carboxylic acids is 4. The minimum Gasteiger partial charge on any atom is -0.495 e. The van der Waals surface area contributed by atoms with Gasteiger partial charge in [0.25, 0.3) is 0 Å². The molecule has 2 aromatic carbocycles. The number of hydrogen-bond acceptors (Lipinski definition) is 7. The smallest absolute Gasteiger partial charge is 0.347 e. The quantitative estimate of drug-likeness (QED) is 0.351. The highest BCUT2D eigenvalue weighted by Crippen LogP contribution is 2.26. The van der Waals surface area contributed by atoms with Gasteiger partial charge in [-0.05, 0) is 55.5 Å². The van der Waals surface area contributed by atoms with Gasteiger partial charge in [0.2, 0.25) is 11.8 Å². The molecule has 2 N–H and O–H groups in total. The number of rotatable bonds is 8. The summed E-state index contributed by atoms with van der Waals surface area (Å²) >= 11 is 6.31. The highest BCUT2D eigenvalue weighted by atomic mass is 35.5. The lowest BCUT2D eigenvalue weighted by Gasteiger charge is -2.29. The molecule has 1 heterocycles. The zero-order valence-corrected chi connectivity index (χ0v) is 28.1. The van der Waals surface area contributed by atoms with Gasteiger partial charge in [-0.3, -0.25) is 14.4 Å². The summed E-state index contributed by atoms with van der Waals surface area (Å²) in [5.41, 5.74) is 0.497. The van der Waals surface area contributed by atoms with Gasteiger partial charge in [-0.1, -0.05) is 87.0 Å². The standard InChI is InChI=1S/C36H45ClN2O7/c1-23(2)19-31-34(42)45-29(24(3)15-16-25-11-8-7-9-12-25)13-10-14-32(40)39-28(21-26-17-18-30(44-6)27(37)20-26)33(41)38-22-36(4,5)35(43)46-31/h7-12,14-18,20,23-24,28-29,31H,13,19,21-22H2,1-6H3,(H,38,41)(H,39,40)/b14-10+,16-15+/t24-,28?,29?,31+/m1/s1. The molecule has 0 aliphatic carbocycles. The molecule has 2 amide bonds. The van der Waals surface area contributed by atoms with Gasteiger partial charge in [0, 0.05) is 25.3 Å². The third-order valence-corrected chi connectivity index (χ3v) is 7.92. The number of esters is 2. The molecular weight excluding hydrogens is 608 g/mol. The molecule has 4 atom stereocenters. The van der Waals surface area contributed by atoms with Crippen molar-refractivity contribution in [1.29, 1.82) is 0 Å². The fourth-order valence-corrected chi connectivity index (χ4v) is 5.05. The summed E-state index contributed by atoms with van der Waals surface area (Å²) in [5.74, 6) is -2.03. The molecule has 1 aliphatic heterocycles. The molecule has 0 aromatic heterocycles. The summed E-state index contributed by atoms with van der Waals surface area (Å²) < 4.78 is 17.0. The van der Waals surface area contributed by atoms with Crippen molar-refractivity contribution in [2.24, 2.45) is 17.3 Å². The maximum absolute atomic E-state index is 13.5. The van der Waals surface area contributed by atoms with Crippen LogP contribution in [0.1, 0.15) is 58.6 Å². The normalized spacial score (nSPS) is 22.8. The van der Waals surface area contributed by atoms with E-state index in [9.17, 15) is 19.2 Å². The second-order valence-electron chi connectivity index (χ2n) is 12.6. The Morgan fingerprint density at radius 1 is 1.04 bits per heavy atom. The Balaban J connectivity index is 1.93. The van der Waals surface area contributed by atoms with E-state index in [4.69, 9.17) is 25.8 Å². The predicted octanol–water partition coefficient (Wildman–Crippen LogP) is 5.70. The van der Waals surface area contributed by atoms with Gasteiger partial charge in [-0.25, -0.2) is 4.79 Å². The van der Waals surface area contributed by atoms with E-state index in [2.05, 4.69) is 10.6 Å². The Kier molecular flexibility index (Phi) is 13.4. The van der Waals surface area contributed by atoms with E-state index in [0.29, 0.717) is 16.3 Å². The van der Waals surface area contributed by atoms with Crippen molar-refractivity contribution in [3.63, 3.8) is 0 Å². The van der Waals surface area contributed by atoms with Crippen LogP contribution >= 0.6 is 11.6 Å². The van der Waals surface area contributed by atoms with Crippen molar-refractivity contribution in [2.45, 2.75) is 72.1 Å². The number of benzene rings is 2. The van der Waals surface area contributed by atoms with Crippen molar-refractivity contribution in [3.05, 3.63) is 82.9 Å². The zero-order chi connectivity index (χ0) is 33.9. The Hall–Kier alpha value is -4.11. The van der Waals surface area contributed by atoms with Gasteiger partial charge < -0.3 is 24.8 Å². The van der Waals surface area contributed by atoms with Crippen LogP contribution in [0.15, 0.2) is 66.8 Å². The summed E-state index contributed by atoms with van der Waals surface area (Å²) in [6.45, 7) is 8.90. The molecule has 2 aromatic rings. The lowest BCUT2D eigenvalue weighted by Crippen LogP contribution is -2.51. The van der Waals surface area contributed by atoms with Crippen LogP contribution in [0.3, 0.4) is 0 Å². The third-order valence-electron chi connectivity index (χ3n) is 7.63. The van der Waals surface area contributed by atoms with Crippen molar-refractivity contribution in [3.8, 4) is 5.75 Å². The molecule has 46 heavy (non-hydrogen) atoms. The Morgan fingerprint density at radius 3 is 2.41 bits per heavy atom. The number of halogens is 1. The van der Waals surface area contributed by atoms with Gasteiger partial charge in [0.05, 0.1) is 17.5 Å². The predicted molar refractivity (Wildman–Crippen MR) is 178 cm³/mol. The fraction of sp³-hybridized carbons (Fsp3) is 0.444. The van der Waals surface area contributed by atoms with Crippen LogP contribution in [0.5, 0.6) is 5.75 Å². The van der Waals surface area contributed by atoms with Crippen LogP contribution in [-0.4, -0.2) is 55.7 Å². The largest absolute Gasteiger partial charge is 0.495 e. The minimum absolute atomic E-state index is 0.0309. The van der Waals surface area contributed by atoms with Crippen LogP contribution in [0.2, 0.25) is 5.02 Å². The number of nitrogens with one attached hydrogen (secondary N) is 2. The molecule has 10 heteroatoms. The second kappa shape index (κ2) is 17.0. The molecule has 0 fully saturated rings. The maximum atomic E-state index is 13.5. The van der Waals surface area contributed by atoms with Crippen LogP contribution in [0.4, 0.5) is 0 Å². The van der Waals surface area contributed by atoms with Gasteiger partial charge in [-0.2, -0.15) is 0 Å². The fourth-order valence-electron chi connectivity index (χ4n) is 4.77. The van der Waals surface area contributed by atoms with Crippen LogP contribution < -0.4 is 15.4 Å². The molecule has 9 nitrogen and oxygen atoms in total. The summed E-state index contributed by atoms with van der Waals surface area (Å²) in [6.07, 6.45) is 5.63. The van der Waals surface area contributed by atoms with Crippen molar-refractivity contribution >= 4 is 41.4 Å². The highest BCUT2D eigenvalue weighted by molar-refractivity contribution is 6.32. The number of carbonyl (C=O) groups is 4. The molecule has 0 spiro atoms. The van der Waals surface area contributed by atoms with Crippen LogP contribution in [0, 0.1) is 17.3 Å². The van der Waals surface area contributed by atoms with Crippen LogP contribution in [-0.2, 0) is 35.1 Å². The molecule has 0 bridgehead atoms. The average Bonchev–Trinajstić information content (AvgIpc) is 3.01. The summed E-state index contributed by atoms with van der Waals surface area (Å²) in [4.78, 5) is 53.3. The summed E-state index contributed by atoms with van der Waals surface area (Å²) in [7, 11) is 1.51. The van der Waals surface area contributed by atoms with Crippen molar-refractivity contribution in [1.82, 2.24) is 10.6 Å². The van der Waals surface area contributed by atoms with Crippen LogP contribution in [0.25, 0.3) is 6.08 Å². The first-order chi connectivity index (χ1) is 21.8. The minimum atomic E-state index is -1.19. The lowest BCUT2D eigenvalue weighted by molar-refractivity contribution is -0.178. The monoisotopic (exact) mass is 652 g/mol. The van der Waals surface area contributed by atoms with E-state index in [1.807, 2.05) is 63.3 Å². The van der Waals surface area contributed by atoms with Gasteiger partial charge in [-0.15, -0.1) is 0 Å². The van der Waals surface area contributed by atoms with Gasteiger partial charge >= 0.3 is 11.9 Å². The van der Waals surface area contributed by atoms with E-state index in [1.165, 1.54) is 13.2 Å². The van der Waals surface area contributed by atoms with E-state index in [1.54, 1.807) is 38.1 Å². The lowest BCUT2D eigenvalue weighted by atomic mass is 9.93. The molecule has 3 rings (SSSR count). The topological polar surface area (TPSA) is 120 Å². The Bertz CT molecular complexity index is 1420. The molecule has 2 unspecified atom stereocenters. The van der Waals surface area contributed by atoms with Gasteiger partial charge in [0.1, 0.15) is 17.9 Å². The molecule has 0 radical (unpaired) electrons. The third kappa shape index (κ3) is 11.1. The second-order valence-corrected chi connectivity index (χ2v) is 13.0.